The molecule has 1 fully saturated rings. The molecule has 0 radical (unpaired) electrons. The molecule has 1 aromatic carbocycles. The molecule has 1 aliphatic rings. The zero-order valence-electron chi connectivity index (χ0n) is 9.37. The minimum Gasteiger partial charge on any atom is -0.362 e. The van der Waals surface area contributed by atoms with E-state index >= 15 is 0 Å². The van der Waals surface area contributed by atoms with Crippen molar-refractivity contribution in [2.75, 3.05) is 0 Å². The lowest BCUT2D eigenvalue weighted by molar-refractivity contribution is 0.325. The summed E-state index contributed by atoms with van der Waals surface area (Å²) in [5.41, 5.74) is 2.76. The summed E-state index contributed by atoms with van der Waals surface area (Å²) >= 11 is 0. The number of hydrogen-bond acceptors (Lipinski definition) is 1. The van der Waals surface area contributed by atoms with E-state index in [4.69, 9.17) is 4.74 Å². The molecular formula is C13H18O. The Bertz CT molecular complexity index is 322. The Kier molecular flexibility index (Phi) is 2.15. The van der Waals surface area contributed by atoms with E-state index < -0.39 is 0 Å². The van der Waals surface area contributed by atoms with Crippen molar-refractivity contribution in [3.63, 3.8) is 0 Å². The quantitative estimate of drug-likeness (QED) is 0.648. The third-order valence-corrected chi connectivity index (χ3v) is 2.90. The van der Waals surface area contributed by atoms with Gasteiger partial charge in [-0.1, -0.05) is 38.1 Å². The molecule has 0 aromatic heterocycles. The van der Waals surface area contributed by atoms with E-state index in [9.17, 15) is 0 Å². The predicted molar refractivity (Wildman–Crippen MR) is 58.4 cm³/mol. The Morgan fingerprint density at radius 3 is 2.00 bits per heavy atom. The molecule has 0 aliphatic carbocycles. The van der Waals surface area contributed by atoms with E-state index in [0.717, 1.165) is 0 Å². The average molecular weight is 190 g/mol. The molecule has 76 valence electrons. The van der Waals surface area contributed by atoms with Crippen molar-refractivity contribution < 1.29 is 4.74 Å². The topological polar surface area (TPSA) is 12.5 Å². The third kappa shape index (κ3) is 1.69. The van der Waals surface area contributed by atoms with Crippen LogP contribution < -0.4 is 0 Å². The molecule has 1 saturated heterocycles. The van der Waals surface area contributed by atoms with Gasteiger partial charge in [-0.25, -0.2) is 0 Å². The van der Waals surface area contributed by atoms with Crippen molar-refractivity contribution in [1.82, 2.24) is 0 Å². The van der Waals surface area contributed by atoms with E-state index in [0.29, 0.717) is 12.0 Å². The minimum absolute atomic E-state index is 0.0549. The predicted octanol–water partition coefficient (Wildman–Crippen LogP) is 3.66. The van der Waals surface area contributed by atoms with Crippen molar-refractivity contribution in [2.45, 2.75) is 45.3 Å². The molecule has 0 saturated carbocycles. The summed E-state index contributed by atoms with van der Waals surface area (Å²) in [5.74, 6) is 0.609. The molecule has 1 atom stereocenters. The average Bonchev–Trinajstić information content (AvgIpc) is 2.75. The normalized spacial score (nSPS) is 23.9. The lowest BCUT2D eigenvalue weighted by Crippen LogP contribution is -1.97. The summed E-state index contributed by atoms with van der Waals surface area (Å²) < 4.78 is 5.59. The Morgan fingerprint density at radius 1 is 1.14 bits per heavy atom. The summed E-state index contributed by atoms with van der Waals surface area (Å²) in [5, 5.41) is 0. The molecule has 2 rings (SSSR count). The zero-order valence-corrected chi connectivity index (χ0v) is 9.37. The second kappa shape index (κ2) is 3.09. The molecular weight excluding hydrogens is 172 g/mol. The summed E-state index contributed by atoms with van der Waals surface area (Å²) in [4.78, 5) is 0. The SMILES string of the molecule is CC(C)c1ccc(C2OC2(C)C)cc1. The molecule has 1 nitrogen and oxygen atoms in total. The number of hydrogen-bond donors (Lipinski definition) is 0. The highest BCUT2D eigenvalue weighted by molar-refractivity contribution is 5.30. The fourth-order valence-corrected chi connectivity index (χ4v) is 1.79. The van der Waals surface area contributed by atoms with Crippen molar-refractivity contribution in [2.24, 2.45) is 0 Å². The van der Waals surface area contributed by atoms with Crippen molar-refractivity contribution in [3.8, 4) is 0 Å². The molecule has 14 heavy (non-hydrogen) atoms. The van der Waals surface area contributed by atoms with Gasteiger partial charge in [0.2, 0.25) is 0 Å². The second-order valence-electron chi connectivity index (χ2n) is 4.92. The second-order valence-corrected chi connectivity index (χ2v) is 4.92. The minimum atomic E-state index is 0.0549. The maximum atomic E-state index is 5.59. The summed E-state index contributed by atoms with van der Waals surface area (Å²) in [6.45, 7) is 8.70. The van der Waals surface area contributed by atoms with E-state index in [-0.39, 0.29) is 5.60 Å². The van der Waals surface area contributed by atoms with Crippen LogP contribution in [0.2, 0.25) is 0 Å². The van der Waals surface area contributed by atoms with Gasteiger partial charge >= 0.3 is 0 Å². The van der Waals surface area contributed by atoms with Crippen LogP contribution in [0.3, 0.4) is 0 Å². The van der Waals surface area contributed by atoms with Crippen molar-refractivity contribution >= 4 is 0 Å². The fourth-order valence-electron chi connectivity index (χ4n) is 1.79. The summed E-state index contributed by atoms with van der Waals surface area (Å²) in [6, 6.07) is 8.79. The molecule has 0 bridgehead atoms. The van der Waals surface area contributed by atoms with Gasteiger partial charge in [-0.15, -0.1) is 0 Å². The molecule has 1 aliphatic heterocycles. The molecule has 0 amide bonds. The van der Waals surface area contributed by atoms with Gasteiger partial charge in [0, 0.05) is 0 Å². The van der Waals surface area contributed by atoms with Gasteiger partial charge in [-0.3, -0.25) is 0 Å². The molecule has 1 heteroatoms. The first-order valence-corrected chi connectivity index (χ1v) is 5.28. The number of benzene rings is 1. The van der Waals surface area contributed by atoms with Crippen LogP contribution in [0.25, 0.3) is 0 Å². The van der Waals surface area contributed by atoms with Crippen LogP contribution >= 0.6 is 0 Å². The Morgan fingerprint density at radius 2 is 1.64 bits per heavy atom. The Hall–Kier alpha value is -0.820. The van der Waals surface area contributed by atoms with E-state index in [2.05, 4.69) is 52.0 Å². The smallest absolute Gasteiger partial charge is 0.112 e. The first kappa shape index (κ1) is 9.72. The molecule has 1 heterocycles. The monoisotopic (exact) mass is 190 g/mol. The van der Waals surface area contributed by atoms with Crippen molar-refractivity contribution in [3.05, 3.63) is 35.4 Å². The van der Waals surface area contributed by atoms with Crippen LogP contribution in [-0.2, 0) is 4.74 Å². The van der Waals surface area contributed by atoms with Gasteiger partial charge in [-0.05, 0) is 30.9 Å². The van der Waals surface area contributed by atoms with Crippen LogP contribution in [0.4, 0.5) is 0 Å². The van der Waals surface area contributed by atoms with E-state index in [1.165, 1.54) is 11.1 Å². The number of rotatable bonds is 2. The first-order chi connectivity index (χ1) is 6.50. The largest absolute Gasteiger partial charge is 0.362 e. The van der Waals surface area contributed by atoms with Gasteiger partial charge in [0.1, 0.15) is 6.10 Å². The van der Waals surface area contributed by atoms with Gasteiger partial charge < -0.3 is 4.74 Å². The molecule has 0 N–H and O–H groups in total. The molecule has 1 aromatic rings. The molecule has 0 spiro atoms. The first-order valence-electron chi connectivity index (χ1n) is 5.28. The van der Waals surface area contributed by atoms with Crippen molar-refractivity contribution in [1.29, 1.82) is 0 Å². The van der Waals surface area contributed by atoms with Gasteiger partial charge in [0.05, 0.1) is 5.60 Å². The highest BCUT2D eigenvalue weighted by atomic mass is 16.6. The lowest BCUT2D eigenvalue weighted by atomic mass is 9.98. The maximum Gasteiger partial charge on any atom is 0.112 e. The van der Waals surface area contributed by atoms with Crippen LogP contribution in [-0.4, -0.2) is 5.60 Å². The summed E-state index contributed by atoms with van der Waals surface area (Å²) in [6.07, 6.45) is 0.309. The van der Waals surface area contributed by atoms with Crippen LogP contribution in [0.1, 0.15) is 50.8 Å². The third-order valence-electron chi connectivity index (χ3n) is 2.90. The van der Waals surface area contributed by atoms with Crippen LogP contribution in [0, 0.1) is 0 Å². The number of ether oxygens (including phenoxy) is 1. The van der Waals surface area contributed by atoms with Gasteiger partial charge in [0.25, 0.3) is 0 Å². The Labute approximate surface area is 86.1 Å². The van der Waals surface area contributed by atoms with E-state index in [1.807, 2.05) is 0 Å². The lowest BCUT2D eigenvalue weighted by Gasteiger charge is -2.05. The standard InChI is InChI=1S/C13H18O/c1-9(2)10-5-7-11(8-6-10)12-13(3,4)14-12/h5-9,12H,1-4H3. The number of epoxide rings is 1. The molecule has 1 unspecified atom stereocenters. The highest BCUT2D eigenvalue weighted by Gasteiger charge is 2.48. The van der Waals surface area contributed by atoms with Gasteiger partial charge in [-0.2, -0.15) is 0 Å². The van der Waals surface area contributed by atoms with E-state index in [1.54, 1.807) is 0 Å². The Balaban J connectivity index is 2.16. The maximum absolute atomic E-state index is 5.59. The van der Waals surface area contributed by atoms with Crippen LogP contribution in [0.5, 0.6) is 0 Å². The highest BCUT2D eigenvalue weighted by Crippen LogP contribution is 2.48. The van der Waals surface area contributed by atoms with Gasteiger partial charge in [0.15, 0.2) is 0 Å². The summed E-state index contributed by atoms with van der Waals surface area (Å²) in [7, 11) is 0. The van der Waals surface area contributed by atoms with Crippen LogP contribution in [0.15, 0.2) is 24.3 Å². The zero-order chi connectivity index (χ0) is 10.3. The fraction of sp³-hybridized carbons (Fsp3) is 0.538.